The first-order valence-corrected chi connectivity index (χ1v) is 7.91. The van der Waals surface area contributed by atoms with Gasteiger partial charge in [-0.1, -0.05) is 18.2 Å². The van der Waals surface area contributed by atoms with Crippen LogP contribution in [0.15, 0.2) is 53.0 Å². The first kappa shape index (κ1) is 13.8. The molecule has 1 aliphatic carbocycles. The molecule has 0 saturated heterocycles. The molecule has 0 spiro atoms. The van der Waals surface area contributed by atoms with Crippen molar-refractivity contribution in [3.8, 4) is 6.07 Å². The number of para-hydroxylation sites is 1. The summed E-state index contributed by atoms with van der Waals surface area (Å²) in [6.07, 6.45) is 4.26. The van der Waals surface area contributed by atoms with Gasteiger partial charge in [0.05, 0.1) is 17.6 Å². The third kappa shape index (κ3) is 2.01. The summed E-state index contributed by atoms with van der Waals surface area (Å²) >= 11 is 0. The fourth-order valence-corrected chi connectivity index (χ4v) is 3.78. The Morgan fingerprint density at radius 3 is 2.91 bits per heavy atom. The number of Topliss-reactive ketones (excluding diaryl/α,β-unsaturated/α-hetero) is 1. The topological polar surface area (TPSA) is 68.7 Å². The zero-order valence-corrected chi connectivity index (χ0v) is 12.9. The van der Waals surface area contributed by atoms with Crippen molar-refractivity contribution >= 4 is 16.7 Å². The second kappa shape index (κ2) is 5.13. The number of hydrogen-bond acceptors (Lipinski definition) is 3. The first-order chi connectivity index (χ1) is 11.2. The molecule has 23 heavy (non-hydrogen) atoms. The Bertz CT molecular complexity index is 923. The summed E-state index contributed by atoms with van der Waals surface area (Å²) in [7, 11) is 0. The maximum absolute atomic E-state index is 12.6. The van der Waals surface area contributed by atoms with Gasteiger partial charge in [0.15, 0.2) is 5.78 Å². The summed E-state index contributed by atoms with van der Waals surface area (Å²) in [6, 6.07) is 10.4. The van der Waals surface area contributed by atoms with Gasteiger partial charge in [-0.2, -0.15) is 5.26 Å². The van der Waals surface area contributed by atoms with E-state index < -0.39 is 0 Å². The van der Waals surface area contributed by atoms with E-state index in [1.807, 2.05) is 37.4 Å². The van der Waals surface area contributed by atoms with Gasteiger partial charge in [-0.05, 0) is 31.4 Å². The molecule has 2 aliphatic rings. The largest absolute Gasteiger partial charge is 0.361 e. The van der Waals surface area contributed by atoms with E-state index in [0.29, 0.717) is 12.0 Å². The molecule has 1 aliphatic heterocycles. The van der Waals surface area contributed by atoms with Crippen LogP contribution in [0.1, 0.15) is 37.7 Å². The molecule has 0 radical (unpaired) electrons. The summed E-state index contributed by atoms with van der Waals surface area (Å²) in [5.41, 5.74) is 5.32. The molecule has 2 aromatic rings. The van der Waals surface area contributed by atoms with Crippen molar-refractivity contribution in [1.82, 2.24) is 10.3 Å². The van der Waals surface area contributed by atoms with Crippen LogP contribution in [0.2, 0.25) is 0 Å². The van der Waals surface area contributed by atoms with Crippen molar-refractivity contribution in [2.45, 2.75) is 32.1 Å². The molecule has 0 bridgehead atoms. The van der Waals surface area contributed by atoms with Crippen molar-refractivity contribution < 1.29 is 4.79 Å². The SMILES string of the molecule is CC1=C(C#N)[C@H](c2c[nH]c3ccccc23)C2=C(CCCC2=O)N1. The molecule has 4 heteroatoms. The fourth-order valence-electron chi connectivity index (χ4n) is 3.78. The van der Waals surface area contributed by atoms with Crippen LogP contribution in [0.25, 0.3) is 10.9 Å². The third-order valence-electron chi connectivity index (χ3n) is 4.83. The Labute approximate surface area is 134 Å². The van der Waals surface area contributed by atoms with Crippen molar-refractivity contribution in [3.05, 3.63) is 58.6 Å². The predicted molar refractivity (Wildman–Crippen MR) is 88.4 cm³/mol. The molecule has 2 heterocycles. The lowest BCUT2D eigenvalue weighted by atomic mass is 9.75. The van der Waals surface area contributed by atoms with Crippen molar-refractivity contribution in [3.63, 3.8) is 0 Å². The van der Waals surface area contributed by atoms with Crippen LogP contribution in [0.4, 0.5) is 0 Å². The first-order valence-electron chi connectivity index (χ1n) is 7.91. The van der Waals surface area contributed by atoms with Gasteiger partial charge in [0.1, 0.15) is 0 Å². The molecule has 1 aromatic carbocycles. The second-order valence-electron chi connectivity index (χ2n) is 6.17. The number of dihydropyridines is 1. The minimum absolute atomic E-state index is 0.161. The zero-order chi connectivity index (χ0) is 16.0. The van der Waals surface area contributed by atoms with Crippen molar-refractivity contribution in [1.29, 1.82) is 5.26 Å². The average molecular weight is 303 g/mol. The Balaban J connectivity index is 1.98. The molecule has 0 unspecified atom stereocenters. The minimum atomic E-state index is -0.264. The number of carbonyl (C=O) groups is 1. The normalized spacial score (nSPS) is 21.2. The van der Waals surface area contributed by atoms with Gasteiger partial charge in [-0.25, -0.2) is 0 Å². The van der Waals surface area contributed by atoms with E-state index in [9.17, 15) is 10.1 Å². The number of rotatable bonds is 1. The third-order valence-corrected chi connectivity index (χ3v) is 4.83. The molecule has 0 fully saturated rings. The van der Waals surface area contributed by atoms with Gasteiger partial charge in [-0.3, -0.25) is 4.79 Å². The molecule has 114 valence electrons. The van der Waals surface area contributed by atoms with E-state index in [2.05, 4.69) is 16.4 Å². The number of nitrogens with one attached hydrogen (secondary N) is 2. The zero-order valence-electron chi connectivity index (χ0n) is 12.9. The second-order valence-corrected chi connectivity index (χ2v) is 6.17. The number of H-pyrrole nitrogens is 1. The smallest absolute Gasteiger partial charge is 0.161 e. The fraction of sp³-hybridized carbons (Fsp3) is 0.263. The van der Waals surface area contributed by atoms with E-state index >= 15 is 0 Å². The lowest BCUT2D eigenvalue weighted by Crippen LogP contribution is -2.31. The number of aromatic amines is 1. The van der Waals surface area contributed by atoms with E-state index in [4.69, 9.17) is 0 Å². The monoisotopic (exact) mass is 303 g/mol. The number of allylic oxidation sites excluding steroid dienone is 4. The van der Waals surface area contributed by atoms with E-state index in [0.717, 1.165) is 46.3 Å². The van der Waals surface area contributed by atoms with Crippen LogP contribution in [-0.2, 0) is 4.79 Å². The Hall–Kier alpha value is -2.80. The van der Waals surface area contributed by atoms with Crippen LogP contribution in [0.3, 0.4) is 0 Å². The number of benzene rings is 1. The number of aromatic nitrogens is 1. The van der Waals surface area contributed by atoms with E-state index in [1.165, 1.54) is 0 Å². The molecule has 4 rings (SSSR count). The van der Waals surface area contributed by atoms with Crippen LogP contribution < -0.4 is 5.32 Å². The highest BCUT2D eigenvalue weighted by Gasteiger charge is 2.36. The summed E-state index contributed by atoms with van der Waals surface area (Å²) in [5, 5.41) is 14.1. The molecular weight excluding hydrogens is 286 g/mol. The highest BCUT2D eigenvalue weighted by Crippen LogP contribution is 2.43. The highest BCUT2D eigenvalue weighted by molar-refractivity contribution is 6.01. The molecule has 0 saturated carbocycles. The van der Waals surface area contributed by atoms with E-state index in [1.54, 1.807) is 0 Å². The van der Waals surface area contributed by atoms with Crippen LogP contribution in [0.5, 0.6) is 0 Å². The van der Waals surface area contributed by atoms with Crippen LogP contribution in [0, 0.1) is 11.3 Å². The van der Waals surface area contributed by atoms with Crippen LogP contribution in [-0.4, -0.2) is 10.8 Å². The predicted octanol–water partition coefficient (Wildman–Crippen LogP) is 3.66. The van der Waals surface area contributed by atoms with Gasteiger partial charge in [0.2, 0.25) is 0 Å². The Morgan fingerprint density at radius 1 is 1.26 bits per heavy atom. The number of fused-ring (bicyclic) bond motifs is 1. The van der Waals surface area contributed by atoms with E-state index in [-0.39, 0.29) is 11.7 Å². The highest BCUT2D eigenvalue weighted by atomic mass is 16.1. The lowest BCUT2D eigenvalue weighted by molar-refractivity contribution is -0.116. The quantitative estimate of drug-likeness (QED) is 0.844. The van der Waals surface area contributed by atoms with Crippen LogP contribution >= 0.6 is 0 Å². The van der Waals surface area contributed by atoms with Gasteiger partial charge >= 0.3 is 0 Å². The van der Waals surface area contributed by atoms with Gasteiger partial charge in [-0.15, -0.1) is 0 Å². The van der Waals surface area contributed by atoms with Crippen molar-refractivity contribution in [2.24, 2.45) is 0 Å². The Morgan fingerprint density at radius 2 is 2.09 bits per heavy atom. The maximum Gasteiger partial charge on any atom is 0.161 e. The van der Waals surface area contributed by atoms with Gasteiger partial charge in [0.25, 0.3) is 0 Å². The molecule has 2 N–H and O–H groups in total. The van der Waals surface area contributed by atoms with Crippen molar-refractivity contribution in [2.75, 3.05) is 0 Å². The average Bonchev–Trinajstić information content (AvgIpc) is 2.97. The van der Waals surface area contributed by atoms with Gasteiger partial charge < -0.3 is 10.3 Å². The number of hydrogen-bond donors (Lipinski definition) is 2. The number of ketones is 1. The standard InChI is InChI=1S/C19H17N3O/c1-11-13(9-20)18(19-16(22-11)7-4-8-17(19)23)14-10-21-15-6-3-2-5-12(14)15/h2-3,5-6,10,18,21-22H,4,7-8H2,1H3/t18-/m1/s1. The summed E-state index contributed by atoms with van der Waals surface area (Å²) in [4.78, 5) is 15.9. The molecule has 1 aromatic heterocycles. The molecule has 0 amide bonds. The van der Waals surface area contributed by atoms with Gasteiger partial charge in [0, 0.05) is 40.5 Å². The lowest BCUT2D eigenvalue weighted by Gasteiger charge is -2.32. The summed E-state index contributed by atoms with van der Waals surface area (Å²) in [6.45, 7) is 1.92. The Kier molecular flexibility index (Phi) is 3.09. The number of nitrogens with zero attached hydrogens (tertiary/aromatic N) is 1. The minimum Gasteiger partial charge on any atom is -0.361 e. The summed E-state index contributed by atoms with van der Waals surface area (Å²) in [5.74, 6) is -0.102. The number of nitriles is 1. The maximum atomic E-state index is 12.6. The number of carbonyl (C=O) groups excluding carboxylic acids is 1. The molecule has 1 atom stereocenters. The molecule has 4 nitrogen and oxygen atoms in total. The molecular formula is C19H17N3O. The summed E-state index contributed by atoms with van der Waals surface area (Å²) < 4.78 is 0.